The van der Waals surface area contributed by atoms with Gasteiger partial charge in [-0.05, 0) is 18.4 Å². The average molecular weight is 341 g/mol. The molecule has 0 saturated heterocycles. The Balaban J connectivity index is 1.53. The minimum Gasteiger partial charge on any atom is -0.353 e. The van der Waals surface area contributed by atoms with Gasteiger partial charge in [-0.25, -0.2) is 0 Å². The number of aromatic nitrogens is 4. The van der Waals surface area contributed by atoms with Crippen LogP contribution >= 0.6 is 11.3 Å². The zero-order valence-corrected chi connectivity index (χ0v) is 14.1. The van der Waals surface area contributed by atoms with E-state index in [2.05, 4.69) is 20.6 Å². The second-order valence-electron chi connectivity index (χ2n) is 6.20. The van der Waals surface area contributed by atoms with E-state index in [0.717, 1.165) is 33.9 Å². The zero-order valence-electron chi connectivity index (χ0n) is 13.3. The number of carbonyl (C=O) groups is 1. The van der Waals surface area contributed by atoms with Crippen LogP contribution in [-0.4, -0.2) is 31.8 Å². The molecule has 2 heterocycles. The number of hydrogen-bond donors (Lipinski definition) is 1. The minimum absolute atomic E-state index is 0.0948. The van der Waals surface area contributed by atoms with Gasteiger partial charge in [0.05, 0.1) is 6.42 Å². The molecule has 0 unspecified atom stereocenters. The van der Waals surface area contributed by atoms with E-state index < -0.39 is 0 Å². The van der Waals surface area contributed by atoms with Crippen molar-refractivity contribution in [3.05, 3.63) is 36.2 Å². The first-order valence-corrected chi connectivity index (χ1v) is 9.16. The van der Waals surface area contributed by atoms with E-state index in [-0.39, 0.29) is 5.91 Å². The molecule has 7 heteroatoms. The fourth-order valence-electron chi connectivity index (χ4n) is 3.25. The molecule has 4 rings (SSSR count). The first kappa shape index (κ1) is 15.3. The molecule has 0 spiro atoms. The van der Waals surface area contributed by atoms with Gasteiger partial charge >= 0.3 is 0 Å². The first-order chi connectivity index (χ1) is 11.8. The molecule has 0 aliphatic heterocycles. The van der Waals surface area contributed by atoms with Gasteiger partial charge in [0.15, 0.2) is 0 Å². The highest BCUT2D eigenvalue weighted by Gasteiger charge is 2.18. The summed E-state index contributed by atoms with van der Waals surface area (Å²) in [5, 5.41) is 16.4. The van der Waals surface area contributed by atoms with Crippen LogP contribution in [0.2, 0.25) is 0 Å². The number of nitrogens with zero attached hydrogens (tertiary/aromatic N) is 4. The predicted octanol–water partition coefficient (Wildman–Crippen LogP) is 2.84. The largest absolute Gasteiger partial charge is 0.353 e. The van der Waals surface area contributed by atoms with Gasteiger partial charge in [0.2, 0.25) is 10.9 Å². The molecule has 1 aliphatic carbocycles. The lowest BCUT2D eigenvalue weighted by atomic mass is 9.95. The lowest BCUT2D eigenvalue weighted by molar-refractivity contribution is -0.121. The standard InChI is InChI=1S/C17H19N5OS/c23-15(19-13-7-2-1-3-8-13)10-12-6-4-5-9-14(12)16-21-22-11-18-20-17(22)24-16/h4-6,9,11,13H,1-3,7-8,10H2,(H,19,23). The van der Waals surface area contributed by atoms with Crippen molar-refractivity contribution >= 4 is 22.2 Å². The second-order valence-corrected chi connectivity index (χ2v) is 7.16. The topological polar surface area (TPSA) is 72.2 Å². The molecular formula is C17H19N5OS. The number of rotatable bonds is 4. The van der Waals surface area contributed by atoms with Gasteiger partial charge in [-0.3, -0.25) is 4.79 Å². The van der Waals surface area contributed by atoms with Gasteiger partial charge in [0.25, 0.3) is 0 Å². The third-order valence-corrected chi connectivity index (χ3v) is 5.40. The van der Waals surface area contributed by atoms with Crippen LogP contribution in [0, 0.1) is 0 Å². The van der Waals surface area contributed by atoms with Crippen LogP contribution in [0.5, 0.6) is 0 Å². The van der Waals surface area contributed by atoms with Crippen molar-refractivity contribution in [3.63, 3.8) is 0 Å². The molecular weight excluding hydrogens is 322 g/mol. The number of nitrogens with one attached hydrogen (secondary N) is 1. The summed E-state index contributed by atoms with van der Waals surface area (Å²) in [6.07, 6.45) is 7.90. The molecule has 1 N–H and O–H groups in total. The maximum atomic E-state index is 12.4. The van der Waals surface area contributed by atoms with Crippen LogP contribution in [0.4, 0.5) is 0 Å². The summed E-state index contributed by atoms with van der Waals surface area (Å²) in [7, 11) is 0. The van der Waals surface area contributed by atoms with Gasteiger partial charge in [-0.2, -0.15) is 9.61 Å². The fraction of sp³-hybridized carbons (Fsp3) is 0.412. The van der Waals surface area contributed by atoms with E-state index >= 15 is 0 Å². The number of fused-ring (bicyclic) bond motifs is 1. The summed E-state index contributed by atoms with van der Waals surface area (Å²) < 4.78 is 1.67. The summed E-state index contributed by atoms with van der Waals surface area (Å²) in [5.74, 6) is 0.0948. The molecule has 124 valence electrons. The maximum Gasteiger partial charge on any atom is 0.234 e. The van der Waals surface area contributed by atoms with Crippen molar-refractivity contribution in [2.24, 2.45) is 0 Å². The Morgan fingerprint density at radius 2 is 2.08 bits per heavy atom. The predicted molar refractivity (Wildman–Crippen MR) is 92.8 cm³/mol. The maximum absolute atomic E-state index is 12.4. The number of benzene rings is 1. The molecule has 24 heavy (non-hydrogen) atoms. The van der Waals surface area contributed by atoms with Crippen molar-refractivity contribution in [2.45, 2.75) is 44.6 Å². The van der Waals surface area contributed by atoms with Gasteiger partial charge in [-0.1, -0.05) is 54.9 Å². The molecule has 0 radical (unpaired) electrons. The summed E-state index contributed by atoms with van der Waals surface area (Å²) in [6.45, 7) is 0. The van der Waals surface area contributed by atoms with Crippen LogP contribution in [0.1, 0.15) is 37.7 Å². The quantitative estimate of drug-likeness (QED) is 0.792. The minimum atomic E-state index is 0.0948. The SMILES string of the molecule is O=C(Cc1ccccc1-c1nn2cnnc2s1)NC1CCCCC1. The molecule has 1 fully saturated rings. The van der Waals surface area contributed by atoms with Crippen molar-refractivity contribution in [1.82, 2.24) is 25.1 Å². The van der Waals surface area contributed by atoms with Crippen LogP contribution in [-0.2, 0) is 11.2 Å². The molecule has 2 aromatic heterocycles. The van der Waals surface area contributed by atoms with E-state index in [1.807, 2.05) is 24.3 Å². The molecule has 3 aromatic rings. The highest BCUT2D eigenvalue weighted by Crippen LogP contribution is 2.28. The molecule has 1 saturated carbocycles. The molecule has 1 amide bonds. The van der Waals surface area contributed by atoms with E-state index in [9.17, 15) is 4.79 Å². The van der Waals surface area contributed by atoms with Gasteiger partial charge in [0.1, 0.15) is 11.3 Å². The summed E-state index contributed by atoms with van der Waals surface area (Å²) in [4.78, 5) is 13.2. The van der Waals surface area contributed by atoms with E-state index in [0.29, 0.717) is 12.5 Å². The van der Waals surface area contributed by atoms with Crippen molar-refractivity contribution in [2.75, 3.05) is 0 Å². The number of hydrogen-bond acceptors (Lipinski definition) is 5. The van der Waals surface area contributed by atoms with Crippen LogP contribution < -0.4 is 5.32 Å². The van der Waals surface area contributed by atoms with Gasteiger partial charge in [-0.15, -0.1) is 10.2 Å². The summed E-state index contributed by atoms with van der Waals surface area (Å²) in [6, 6.07) is 8.29. The first-order valence-electron chi connectivity index (χ1n) is 8.34. The molecule has 1 aliphatic rings. The van der Waals surface area contributed by atoms with Crippen molar-refractivity contribution in [1.29, 1.82) is 0 Å². The van der Waals surface area contributed by atoms with E-state index in [1.54, 1.807) is 10.8 Å². The summed E-state index contributed by atoms with van der Waals surface area (Å²) in [5.41, 5.74) is 1.99. The highest BCUT2D eigenvalue weighted by atomic mass is 32.1. The van der Waals surface area contributed by atoms with Crippen molar-refractivity contribution in [3.8, 4) is 10.6 Å². The number of carbonyl (C=O) groups excluding carboxylic acids is 1. The zero-order chi connectivity index (χ0) is 16.4. The molecule has 0 bridgehead atoms. The Kier molecular flexibility index (Phi) is 4.25. The Labute approximate surface area is 143 Å². The summed E-state index contributed by atoms with van der Waals surface area (Å²) >= 11 is 1.48. The molecule has 1 aromatic carbocycles. The van der Waals surface area contributed by atoms with Gasteiger partial charge < -0.3 is 5.32 Å². The lowest BCUT2D eigenvalue weighted by Crippen LogP contribution is -2.37. The second kappa shape index (κ2) is 6.68. The molecule has 0 atom stereocenters. The third-order valence-electron chi connectivity index (χ3n) is 4.46. The lowest BCUT2D eigenvalue weighted by Gasteiger charge is -2.22. The van der Waals surface area contributed by atoms with Crippen LogP contribution in [0.3, 0.4) is 0 Å². The Bertz CT molecular complexity index is 821. The third kappa shape index (κ3) is 3.17. The Morgan fingerprint density at radius 1 is 1.25 bits per heavy atom. The smallest absolute Gasteiger partial charge is 0.234 e. The van der Waals surface area contributed by atoms with Crippen LogP contribution in [0.25, 0.3) is 15.5 Å². The Morgan fingerprint density at radius 3 is 2.92 bits per heavy atom. The average Bonchev–Trinajstić information content (AvgIpc) is 3.18. The van der Waals surface area contributed by atoms with E-state index in [4.69, 9.17) is 0 Å². The monoisotopic (exact) mass is 341 g/mol. The Hall–Kier alpha value is -2.28. The van der Waals surface area contributed by atoms with Gasteiger partial charge in [0, 0.05) is 11.6 Å². The van der Waals surface area contributed by atoms with Crippen molar-refractivity contribution < 1.29 is 4.79 Å². The molecule has 6 nitrogen and oxygen atoms in total. The normalized spacial score (nSPS) is 15.7. The van der Waals surface area contributed by atoms with Crippen LogP contribution in [0.15, 0.2) is 30.6 Å². The highest BCUT2D eigenvalue weighted by molar-refractivity contribution is 7.19. The van der Waals surface area contributed by atoms with E-state index in [1.165, 1.54) is 30.6 Å². The fourth-order valence-corrected chi connectivity index (χ4v) is 4.13. The number of amides is 1.